The summed E-state index contributed by atoms with van der Waals surface area (Å²) >= 11 is 0. The molecule has 0 radical (unpaired) electrons. The molecule has 7 nitrogen and oxygen atoms in total. The fourth-order valence-electron chi connectivity index (χ4n) is 4.33. The lowest BCUT2D eigenvalue weighted by atomic mass is 9.81. The minimum atomic E-state index is -0.807. The number of rotatable bonds is 5. The molecule has 1 aliphatic carbocycles. The van der Waals surface area contributed by atoms with E-state index in [0.29, 0.717) is 13.0 Å². The van der Waals surface area contributed by atoms with E-state index in [4.69, 9.17) is 0 Å². The van der Waals surface area contributed by atoms with E-state index in [2.05, 4.69) is 5.32 Å². The fourth-order valence-corrected chi connectivity index (χ4v) is 4.33. The normalized spacial score (nSPS) is 25.0. The van der Waals surface area contributed by atoms with E-state index in [1.165, 1.54) is 4.90 Å². The number of hydrogen-bond donors (Lipinski definition) is 2. The number of nitrogens with one attached hydrogen (secondary N) is 1. The number of aliphatic carboxylic acids is 1. The maximum absolute atomic E-state index is 12.9. The average Bonchev–Trinajstić information content (AvgIpc) is 3.20. The third-order valence-electron chi connectivity index (χ3n) is 5.96. The Morgan fingerprint density at radius 3 is 2.59 bits per heavy atom. The molecule has 1 saturated carbocycles. The number of fused-ring (bicyclic) bond motifs is 1. The lowest BCUT2D eigenvalue weighted by molar-refractivity contribution is -0.149. The number of likely N-dealkylation sites (tertiary alicyclic amines) is 1. The second kappa shape index (κ2) is 7.58. The van der Waals surface area contributed by atoms with Crippen molar-refractivity contribution in [3.63, 3.8) is 0 Å². The molecule has 3 rings (SSSR count). The molecule has 0 aromatic heterocycles. The zero-order chi connectivity index (χ0) is 19.6. The average molecular weight is 373 g/mol. The van der Waals surface area contributed by atoms with E-state index in [9.17, 15) is 19.5 Å². The first-order valence-corrected chi connectivity index (χ1v) is 9.37. The molecule has 7 heteroatoms. The molecule has 2 N–H and O–H groups in total. The van der Waals surface area contributed by atoms with Gasteiger partial charge < -0.3 is 20.2 Å². The highest BCUT2D eigenvalue weighted by atomic mass is 16.4. The van der Waals surface area contributed by atoms with Crippen LogP contribution in [0, 0.1) is 11.3 Å². The molecule has 2 fully saturated rings. The topological polar surface area (TPSA) is 90.0 Å². The van der Waals surface area contributed by atoms with Gasteiger partial charge in [-0.15, -0.1) is 0 Å². The predicted octanol–water partition coefficient (Wildman–Crippen LogP) is 2.10. The minimum absolute atomic E-state index is 0.0133. The van der Waals surface area contributed by atoms with Crippen molar-refractivity contribution in [1.29, 1.82) is 0 Å². The Balaban J connectivity index is 1.73. The zero-order valence-electron chi connectivity index (χ0n) is 15.9. The molecule has 1 unspecified atom stereocenters. The second-order valence-corrected chi connectivity index (χ2v) is 7.84. The van der Waals surface area contributed by atoms with Crippen molar-refractivity contribution in [2.45, 2.75) is 31.7 Å². The summed E-state index contributed by atoms with van der Waals surface area (Å²) in [5.41, 5.74) is 0.0485. The number of carbonyl (C=O) groups is 3. The van der Waals surface area contributed by atoms with Crippen LogP contribution >= 0.6 is 0 Å². The van der Waals surface area contributed by atoms with E-state index in [1.54, 1.807) is 19.0 Å². The summed E-state index contributed by atoms with van der Waals surface area (Å²) in [7, 11) is 3.37. The summed E-state index contributed by atoms with van der Waals surface area (Å²) in [6, 6.07) is 8.63. The highest BCUT2D eigenvalue weighted by Crippen LogP contribution is 2.48. The highest BCUT2D eigenvalue weighted by Gasteiger charge is 2.55. The van der Waals surface area contributed by atoms with Crippen molar-refractivity contribution >= 4 is 17.9 Å². The van der Waals surface area contributed by atoms with Crippen LogP contribution in [0.2, 0.25) is 0 Å². The Morgan fingerprint density at radius 1 is 1.30 bits per heavy atom. The molecule has 0 spiro atoms. The maximum atomic E-state index is 12.9. The summed E-state index contributed by atoms with van der Waals surface area (Å²) in [4.78, 5) is 40.0. The first-order valence-electron chi connectivity index (χ1n) is 9.37. The zero-order valence-corrected chi connectivity index (χ0v) is 15.9. The van der Waals surface area contributed by atoms with Crippen LogP contribution in [0.25, 0.3) is 0 Å². The van der Waals surface area contributed by atoms with Gasteiger partial charge in [-0.25, -0.2) is 4.79 Å². The van der Waals surface area contributed by atoms with Gasteiger partial charge >= 0.3 is 12.0 Å². The number of amides is 3. The SMILES string of the molecule is CN(C)C(=O)CC(NC(=O)N1C[C@@H]2CCC[C@@]2(C(=O)O)C1)c1ccccc1. The van der Waals surface area contributed by atoms with Gasteiger partial charge in [-0.2, -0.15) is 0 Å². The molecule has 1 aliphatic heterocycles. The number of carboxylic acids is 1. The van der Waals surface area contributed by atoms with Gasteiger partial charge in [-0.1, -0.05) is 36.8 Å². The van der Waals surface area contributed by atoms with Gasteiger partial charge in [0.1, 0.15) is 0 Å². The van der Waals surface area contributed by atoms with Gasteiger partial charge in [0.15, 0.2) is 0 Å². The summed E-state index contributed by atoms with van der Waals surface area (Å²) in [5.74, 6) is -0.869. The fraction of sp³-hybridized carbons (Fsp3) is 0.550. The summed E-state index contributed by atoms with van der Waals surface area (Å²) < 4.78 is 0. The highest BCUT2D eigenvalue weighted by molar-refractivity contribution is 5.82. The van der Waals surface area contributed by atoms with Gasteiger partial charge in [0.05, 0.1) is 17.9 Å². The molecule has 146 valence electrons. The third kappa shape index (κ3) is 3.77. The van der Waals surface area contributed by atoms with E-state index < -0.39 is 17.4 Å². The van der Waals surface area contributed by atoms with Crippen molar-refractivity contribution in [3.05, 3.63) is 35.9 Å². The number of nitrogens with zero attached hydrogens (tertiary/aromatic N) is 2. The Bertz CT molecular complexity index is 721. The van der Waals surface area contributed by atoms with Crippen molar-refractivity contribution in [2.24, 2.45) is 11.3 Å². The number of carboxylic acid groups (broad SMARTS) is 1. The van der Waals surface area contributed by atoms with Crippen LogP contribution < -0.4 is 5.32 Å². The summed E-state index contributed by atoms with van der Waals surface area (Å²) in [5, 5.41) is 12.7. The van der Waals surface area contributed by atoms with Crippen molar-refractivity contribution in [1.82, 2.24) is 15.1 Å². The standard InChI is InChI=1S/C20H27N3O4/c1-22(2)17(24)11-16(14-7-4-3-5-8-14)21-19(27)23-12-15-9-6-10-20(15,13-23)18(25)26/h3-5,7-8,15-16H,6,9-13H2,1-2H3,(H,21,27)(H,25,26)/t15-,16?,20+/m0/s1. The molecule has 2 aliphatic rings. The lowest BCUT2D eigenvalue weighted by Crippen LogP contribution is -2.43. The Morgan fingerprint density at radius 2 is 2.00 bits per heavy atom. The van der Waals surface area contributed by atoms with Crippen LogP contribution in [0.5, 0.6) is 0 Å². The Hall–Kier alpha value is -2.57. The van der Waals surface area contributed by atoms with Gasteiger partial charge in [-0.05, 0) is 24.3 Å². The van der Waals surface area contributed by atoms with Crippen LogP contribution in [0.15, 0.2) is 30.3 Å². The second-order valence-electron chi connectivity index (χ2n) is 7.84. The molecule has 0 bridgehead atoms. The number of urea groups is 1. The molecule has 27 heavy (non-hydrogen) atoms. The smallest absolute Gasteiger partial charge is 0.317 e. The van der Waals surface area contributed by atoms with E-state index in [0.717, 1.165) is 18.4 Å². The molecule has 1 aromatic carbocycles. The van der Waals surface area contributed by atoms with E-state index in [-0.39, 0.29) is 30.8 Å². The summed E-state index contributed by atoms with van der Waals surface area (Å²) in [6.07, 6.45) is 2.52. The van der Waals surface area contributed by atoms with Crippen molar-refractivity contribution in [3.8, 4) is 0 Å². The van der Waals surface area contributed by atoms with Gasteiger partial charge in [0, 0.05) is 27.2 Å². The van der Waals surface area contributed by atoms with Crippen molar-refractivity contribution in [2.75, 3.05) is 27.2 Å². The van der Waals surface area contributed by atoms with Crippen LogP contribution in [-0.4, -0.2) is 60.0 Å². The van der Waals surface area contributed by atoms with Gasteiger partial charge in [0.25, 0.3) is 0 Å². The molecule has 1 aromatic rings. The van der Waals surface area contributed by atoms with Crippen LogP contribution in [0.3, 0.4) is 0 Å². The first-order chi connectivity index (χ1) is 12.8. The summed E-state index contributed by atoms with van der Waals surface area (Å²) in [6.45, 7) is 0.698. The Kier molecular flexibility index (Phi) is 5.39. The first kappa shape index (κ1) is 19.2. The van der Waals surface area contributed by atoms with E-state index in [1.807, 2.05) is 30.3 Å². The number of benzene rings is 1. The number of carbonyl (C=O) groups excluding carboxylic acids is 2. The van der Waals surface area contributed by atoms with Crippen LogP contribution in [-0.2, 0) is 9.59 Å². The molecular weight excluding hydrogens is 346 g/mol. The van der Waals surface area contributed by atoms with E-state index >= 15 is 0 Å². The van der Waals surface area contributed by atoms with Crippen molar-refractivity contribution < 1.29 is 19.5 Å². The van der Waals surface area contributed by atoms with Gasteiger partial charge in [-0.3, -0.25) is 9.59 Å². The van der Waals surface area contributed by atoms with Crippen LogP contribution in [0.1, 0.15) is 37.3 Å². The monoisotopic (exact) mass is 373 g/mol. The Labute approximate surface area is 159 Å². The maximum Gasteiger partial charge on any atom is 0.317 e. The third-order valence-corrected chi connectivity index (χ3v) is 5.96. The molecule has 3 atom stereocenters. The minimum Gasteiger partial charge on any atom is -0.481 e. The van der Waals surface area contributed by atoms with Gasteiger partial charge in [0.2, 0.25) is 5.91 Å². The number of hydrogen-bond acceptors (Lipinski definition) is 3. The largest absolute Gasteiger partial charge is 0.481 e. The lowest BCUT2D eigenvalue weighted by Gasteiger charge is -2.26. The van der Waals surface area contributed by atoms with Crippen LogP contribution in [0.4, 0.5) is 4.79 Å². The quantitative estimate of drug-likeness (QED) is 0.827. The molecule has 3 amide bonds. The molecule has 1 saturated heterocycles. The molecular formula is C20H27N3O4. The molecule has 1 heterocycles. The predicted molar refractivity (Wildman–Crippen MR) is 100 cm³/mol.